The summed E-state index contributed by atoms with van der Waals surface area (Å²) < 4.78 is 0. The Balaban J connectivity index is 2.27. The zero-order chi connectivity index (χ0) is 17.7. The van der Waals surface area contributed by atoms with E-state index in [1.807, 2.05) is 0 Å². The fraction of sp³-hybridized carbons (Fsp3) is 0. The van der Waals surface area contributed by atoms with Crippen LogP contribution in [0.3, 0.4) is 0 Å². The number of hydrazone groups is 1. The first-order chi connectivity index (χ1) is 11.4. The van der Waals surface area contributed by atoms with Gasteiger partial charge in [0.15, 0.2) is 0 Å². The molecule has 0 atom stereocenters. The first-order valence-corrected chi connectivity index (χ1v) is 6.29. The van der Waals surface area contributed by atoms with Gasteiger partial charge in [-0.25, -0.2) is 5.43 Å². The van der Waals surface area contributed by atoms with E-state index in [9.17, 15) is 30.1 Å². The minimum atomic E-state index is -0.963. The Morgan fingerprint density at radius 1 is 1.21 bits per heavy atom. The number of hydrogen-bond acceptors (Lipinski definition) is 8. The third-order valence-electron chi connectivity index (χ3n) is 2.82. The molecule has 0 unspecified atom stereocenters. The van der Waals surface area contributed by atoms with Gasteiger partial charge in [-0.3, -0.25) is 30.0 Å². The average Bonchev–Trinajstić information content (AvgIpc) is 2.56. The number of carbonyl (C=O) groups excluding carboxylic acids is 1. The maximum absolute atomic E-state index is 11.7. The lowest BCUT2D eigenvalue weighted by atomic mass is 10.1. The van der Waals surface area contributed by atoms with Crippen molar-refractivity contribution in [1.29, 1.82) is 0 Å². The summed E-state index contributed by atoms with van der Waals surface area (Å²) in [7, 11) is 0. The summed E-state index contributed by atoms with van der Waals surface area (Å²) in [6, 6.07) is 4.38. The van der Waals surface area contributed by atoms with Crippen LogP contribution in [0, 0.1) is 20.2 Å². The Labute approximate surface area is 133 Å². The lowest BCUT2D eigenvalue weighted by Gasteiger charge is -2.02. The van der Waals surface area contributed by atoms with Gasteiger partial charge in [0.1, 0.15) is 0 Å². The van der Waals surface area contributed by atoms with Crippen LogP contribution < -0.4 is 5.43 Å². The fourth-order valence-corrected chi connectivity index (χ4v) is 1.70. The number of aromatic nitrogens is 1. The number of nitro benzene ring substituents is 2. The highest BCUT2D eigenvalue weighted by Crippen LogP contribution is 2.33. The van der Waals surface area contributed by atoms with Crippen molar-refractivity contribution in [2.45, 2.75) is 0 Å². The van der Waals surface area contributed by atoms with E-state index in [1.54, 1.807) is 0 Å². The SMILES string of the molecule is O=C(N/N=C/c1cc([N+](=O)[O-])cc([N+](=O)[O-])c1O)c1ccncc1. The molecule has 24 heavy (non-hydrogen) atoms. The molecule has 2 rings (SSSR count). The summed E-state index contributed by atoms with van der Waals surface area (Å²) in [4.78, 5) is 35.3. The highest BCUT2D eigenvalue weighted by molar-refractivity contribution is 5.95. The highest BCUT2D eigenvalue weighted by Gasteiger charge is 2.23. The quantitative estimate of drug-likeness (QED) is 0.475. The first kappa shape index (κ1) is 16.5. The minimum Gasteiger partial charge on any atom is -0.502 e. The zero-order valence-corrected chi connectivity index (χ0v) is 11.8. The second-order valence-electron chi connectivity index (χ2n) is 4.35. The van der Waals surface area contributed by atoms with Crippen LogP contribution in [0.1, 0.15) is 15.9 Å². The standard InChI is InChI=1S/C13H9N5O6/c19-12-9(5-10(17(21)22)6-11(12)18(23)24)7-15-16-13(20)8-1-3-14-4-2-8/h1-7,19H,(H,16,20)/b15-7+. The van der Waals surface area contributed by atoms with Gasteiger partial charge in [-0.1, -0.05) is 0 Å². The average molecular weight is 331 g/mol. The molecule has 0 aliphatic rings. The summed E-state index contributed by atoms with van der Waals surface area (Å²) >= 11 is 0. The van der Waals surface area contributed by atoms with Crippen LogP contribution in [0.5, 0.6) is 5.75 Å². The molecule has 0 bridgehead atoms. The Morgan fingerprint density at radius 3 is 2.46 bits per heavy atom. The molecule has 0 radical (unpaired) electrons. The molecule has 0 saturated heterocycles. The molecule has 2 aromatic rings. The number of non-ortho nitro benzene ring substituents is 1. The van der Waals surface area contributed by atoms with Crippen LogP contribution in [0.25, 0.3) is 0 Å². The Hall–Kier alpha value is -3.89. The number of benzene rings is 1. The Bertz CT molecular complexity index is 836. The van der Waals surface area contributed by atoms with Crippen molar-refractivity contribution in [3.05, 3.63) is 68.0 Å². The molecule has 0 fully saturated rings. The predicted octanol–water partition coefficient (Wildman–Crippen LogP) is 1.37. The summed E-state index contributed by atoms with van der Waals surface area (Å²) in [6.45, 7) is 0. The van der Waals surface area contributed by atoms with Crippen LogP contribution in [-0.4, -0.2) is 32.1 Å². The third kappa shape index (κ3) is 3.65. The molecule has 0 saturated carbocycles. The van der Waals surface area contributed by atoms with E-state index in [1.165, 1.54) is 24.5 Å². The first-order valence-electron chi connectivity index (χ1n) is 6.29. The topological polar surface area (TPSA) is 161 Å². The number of hydrogen-bond donors (Lipinski definition) is 2. The summed E-state index contributed by atoms with van der Waals surface area (Å²) in [5.74, 6) is -1.39. The van der Waals surface area contributed by atoms with Crippen molar-refractivity contribution in [2.24, 2.45) is 5.10 Å². The monoisotopic (exact) mass is 331 g/mol. The van der Waals surface area contributed by atoms with Crippen molar-refractivity contribution in [2.75, 3.05) is 0 Å². The van der Waals surface area contributed by atoms with Crippen LogP contribution in [0.4, 0.5) is 11.4 Å². The molecule has 0 spiro atoms. The van der Waals surface area contributed by atoms with Crippen molar-refractivity contribution >= 4 is 23.5 Å². The Kier molecular flexibility index (Phi) is 4.75. The number of phenols is 1. The fourth-order valence-electron chi connectivity index (χ4n) is 1.70. The molecule has 122 valence electrons. The van der Waals surface area contributed by atoms with E-state index in [2.05, 4.69) is 15.5 Å². The van der Waals surface area contributed by atoms with Crippen LogP contribution in [0.2, 0.25) is 0 Å². The molecule has 0 aliphatic carbocycles. The number of rotatable bonds is 5. The molecule has 2 N–H and O–H groups in total. The van der Waals surface area contributed by atoms with E-state index < -0.39 is 32.9 Å². The second kappa shape index (κ2) is 6.91. The molecule has 1 amide bonds. The molecule has 1 aromatic heterocycles. The van der Waals surface area contributed by atoms with E-state index in [-0.39, 0.29) is 11.1 Å². The number of pyridine rings is 1. The van der Waals surface area contributed by atoms with E-state index >= 15 is 0 Å². The number of nitrogens with one attached hydrogen (secondary N) is 1. The van der Waals surface area contributed by atoms with Gasteiger partial charge in [0.2, 0.25) is 5.75 Å². The van der Waals surface area contributed by atoms with Crippen LogP contribution >= 0.6 is 0 Å². The van der Waals surface area contributed by atoms with Crippen molar-refractivity contribution < 1.29 is 19.7 Å². The van der Waals surface area contributed by atoms with Crippen molar-refractivity contribution in [3.63, 3.8) is 0 Å². The number of nitrogens with zero attached hydrogens (tertiary/aromatic N) is 4. The number of phenolic OH excluding ortho intramolecular Hbond substituents is 1. The Morgan fingerprint density at radius 2 is 1.88 bits per heavy atom. The molecular formula is C13H9N5O6. The number of nitro groups is 2. The molecule has 1 heterocycles. The van der Waals surface area contributed by atoms with Crippen LogP contribution in [-0.2, 0) is 0 Å². The van der Waals surface area contributed by atoms with Gasteiger partial charge in [-0.2, -0.15) is 5.10 Å². The highest BCUT2D eigenvalue weighted by atomic mass is 16.6. The maximum Gasteiger partial charge on any atom is 0.318 e. The van der Waals surface area contributed by atoms with Gasteiger partial charge in [-0.05, 0) is 12.1 Å². The van der Waals surface area contributed by atoms with E-state index in [0.29, 0.717) is 6.07 Å². The van der Waals surface area contributed by atoms with Gasteiger partial charge < -0.3 is 5.11 Å². The molecular weight excluding hydrogens is 322 g/mol. The number of carbonyl (C=O) groups is 1. The smallest absolute Gasteiger partial charge is 0.318 e. The second-order valence-corrected chi connectivity index (χ2v) is 4.35. The van der Waals surface area contributed by atoms with Crippen molar-refractivity contribution in [1.82, 2.24) is 10.4 Å². The lowest BCUT2D eigenvalue weighted by molar-refractivity contribution is -0.394. The summed E-state index contributed by atoms with van der Waals surface area (Å²) in [5.41, 5.74) is 0.661. The third-order valence-corrected chi connectivity index (χ3v) is 2.82. The largest absolute Gasteiger partial charge is 0.502 e. The predicted molar refractivity (Wildman–Crippen MR) is 80.7 cm³/mol. The molecule has 0 aliphatic heterocycles. The maximum atomic E-state index is 11.7. The zero-order valence-electron chi connectivity index (χ0n) is 11.8. The summed E-state index contributed by atoms with van der Waals surface area (Å²) in [5, 5.41) is 34.9. The number of amides is 1. The summed E-state index contributed by atoms with van der Waals surface area (Å²) in [6.07, 6.45) is 3.66. The van der Waals surface area contributed by atoms with Crippen LogP contribution in [0.15, 0.2) is 41.8 Å². The minimum absolute atomic E-state index is 0.261. The van der Waals surface area contributed by atoms with E-state index in [4.69, 9.17) is 0 Å². The van der Waals surface area contributed by atoms with E-state index in [0.717, 1.165) is 12.3 Å². The lowest BCUT2D eigenvalue weighted by Crippen LogP contribution is -2.17. The number of aromatic hydroxyl groups is 1. The molecule has 11 nitrogen and oxygen atoms in total. The molecule has 1 aromatic carbocycles. The van der Waals surface area contributed by atoms with Gasteiger partial charge in [0.05, 0.1) is 27.7 Å². The van der Waals surface area contributed by atoms with Gasteiger partial charge in [0, 0.05) is 24.0 Å². The van der Waals surface area contributed by atoms with Crippen molar-refractivity contribution in [3.8, 4) is 5.75 Å². The van der Waals surface area contributed by atoms with Gasteiger partial charge >= 0.3 is 5.69 Å². The van der Waals surface area contributed by atoms with Gasteiger partial charge in [-0.15, -0.1) is 0 Å². The molecule has 11 heteroatoms. The normalized spacial score (nSPS) is 10.5. The van der Waals surface area contributed by atoms with Gasteiger partial charge in [0.25, 0.3) is 11.6 Å².